The summed E-state index contributed by atoms with van der Waals surface area (Å²) in [6.07, 6.45) is 8.72. The summed E-state index contributed by atoms with van der Waals surface area (Å²) in [5.74, 6) is 1.10. The first kappa shape index (κ1) is 18.0. The Morgan fingerprint density at radius 3 is 2.48 bits per heavy atom. The number of carbonyl (C=O) groups is 2. The number of hydrogen-bond donors (Lipinski definition) is 1. The van der Waals surface area contributed by atoms with Crippen LogP contribution in [0.5, 0.6) is 0 Å². The topological polar surface area (TPSA) is 52.7 Å². The maximum Gasteiger partial charge on any atom is 0.237 e. The number of piperazine rings is 1. The number of nitrogens with one attached hydrogen (secondary N) is 1. The highest BCUT2D eigenvalue weighted by molar-refractivity contribution is 5.81. The molecule has 23 heavy (non-hydrogen) atoms. The van der Waals surface area contributed by atoms with Gasteiger partial charge >= 0.3 is 0 Å². The lowest BCUT2D eigenvalue weighted by atomic mass is 10.0. The molecule has 1 unspecified atom stereocenters. The van der Waals surface area contributed by atoms with E-state index in [4.69, 9.17) is 0 Å². The van der Waals surface area contributed by atoms with E-state index in [1.54, 1.807) is 6.08 Å². The highest BCUT2D eigenvalue weighted by atomic mass is 16.2. The molecule has 0 aromatic heterocycles. The Morgan fingerprint density at radius 2 is 1.87 bits per heavy atom. The minimum atomic E-state index is -0.148. The molecular formula is C18H31N3O2. The van der Waals surface area contributed by atoms with Crippen molar-refractivity contribution in [3.8, 4) is 0 Å². The normalized spacial score (nSPS) is 21.2. The lowest BCUT2D eigenvalue weighted by molar-refractivity contribution is -0.134. The smallest absolute Gasteiger partial charge is 0.237 e. The summed E-state index contributed by atoms with van der Waals surface area (Å²) in [4.78, 5) is 28.4. The van der Waals surface area contributed by atoms with Crippen LogP contribution in [0.25, 0.3) is 0 Å². The number of carbonyl (C=O) groups excluding carboxylic acids is 2. The second-order valence-electron chi connectivity index (χ2n) is 6.82. The van der Waals surface area contributed by atoms with Gasteiger partial charge in [0.1, 0.15) is 0 Å². The minimum absolute atomic E-state index is 0.0332. The van der Waals surface area contributed by atoms with E-state index in [2.05, 4.69) is 16.8 Å². The van der Waals surface area contributed by atoms with E-state index in [0.29, 0.717) is 18.9 Å². The van der Waals surface area contributed by atoms with Crippen LogP contribution in [0.2, 0.25) is 0 Å². The van der Waals surface area contributed by atoms with Crippen LogP contribution in [0.4, 0.5) is 0 Å². The van der Waals surface area contributed by atoms with Crippen LogP contribution in [0.1, 0.15) is 45.4 Å². The molecule has 0 aromatic carbocycles. The summed E-state index contributed by atoms with van der Waals surface area (Å²) in [6, 6.07) is -0.148. The molecule has 1 aliphatic carbocycles. The first-order valence-electron chi connectivity index (χ1n) is 9.02. The molecule has 2 rings (SSSR count). The van der Waals surface area contributed by atoms with Gasteiger partial charge in [-0.2, -0.15) is 0 Å². The Balaban J connectivity index is 1.68. The Kier molecular flexibility index (Phi) is 7.09. The molecule has 1 heterocycles. The summed E-state index contributed by atoms with van der Waals surface area (Å²) >= 11 is 0. The van der Waals surface area contributed by atoms with Crippen molar-refractivity contribution in [2.45, 2.75) is 51.5 Å². The monoisotopic (exact) mass is 321 g/mol. The van der Waals surface area contributed by atoms with Gasteiger partial charge in [-0.05, 0) is 19.3 Å². The molecule has 1 saturated carbocycles. The van der Waals surface area contributed by atoms with Crippen LogP contribution in [-0.2, 0) is 9.59 Å². The van der Waals surface area contributed by atoms with Gasteiger partial charge in [0.25, 0.3) is 0 Å². The molecule has 5 nitrogen and oxygen atoms in total. The summed E-state index contributed by atoms with van der Waals surface area (Å²) in [7, 11) is 0. The van der Waals surface area contributed by atoms with E-state index in [1.807, 2.05) is 11.8 Å². The number of hydrogen-bond acceptors (Lipinski definition) is 3. The van der Waals surface area contributed by atoms with Crippen molar-refractivity contribution >= 4 is 11.8 Å². The summed E-state index contributed by atoms with van der Waals surface area (Å²) < 4.78 is 0. The number of nitrogens with zero attached hydrogens (tertiary/aromatic N) is 2. The molecule has 1 aliphatic heterocycles. The molecular weight excluding hydrogens is 290 g/mol. The lowest BCUT2D eigenvalue weighted by Gasteiger charge is -2.37. The van der Waals surface area contributed by atoms with Crippen LogP contribution in [0, 0.1) is 5.92 Å². The van der Waals surface area contributed by atoms with Gasteiger partial charge < -0.3 is 10.2 Å². The lowest BCUT2D eigenvalue weighted by Crippen LogP contribution is -2.55. The molecule has 0 aromatic rings. The molecule has 0 radical (unpaired) electrons. The highest BCUT2D eigenvalue weighted by Crippen LogP contribution is 2.28. The Labute approximate surface area is 140 Å². The second kappa shape index (κ2) is 9.06. The molecule has 2 fully saturated rings. The summed E-state index contributed by atoms with van der Waals surface area (Å²) in [6.45, 7) is 9.07. The number of rotatable bonds is 7. The predicted molar refractivity (Wildman–Crippen MR) is 92.0 cm³/mol. The maximum atomic E-state index is 12.3. The Bertz CT molecular complexity index is 410. The molecule has 5 heteroatoms. The van der Waals surface area contributed by atoms with E-state index < -0.39 is 0 Å². The van der Waals surface area contributed by atoms with Gasteiger partial charge in [0.2, 0.25) is 11.8 Å². The molecule has 130 valence electrons. The molecule has 1 N–H and O–H groups in total. The van der Waals surface area contributed by atoms with Gasteiger partial charge in [-0.3, -0.25) is 14.5 Å². The van der Waals surface area contributed by atoms with E-state index >= 15 is 0 Å². The van der Waals surface area contributed by atoms with Crippen LogP contribution < -0.4 is 5.32 Å². The third kappa shape index (κ3) is 5.34. The van der Waals surface area contributed by atoms with Crippen molar-refractivity contribution in [3.63, 3.8) is 0 Å². The average Bonchev–Trinajstić information content (AvgIpc) is 3.10. The second-order valence-corrected chi connectivity index (χ2v) is 6.82. The number of amides is 2. The van der Waals surface area contributed by atoms with Crippen molar-refractivity contribution in [2.24, 2.45) is 5.92 Å². The van der Waals surface area contributed by atoms with Crippen molar-refractivity contribution in [3.05, 3.63) is 12.7 Å². The zero-order valence-corrected chi connectivity index (χ0v) is 14.4. The average molecular weight is 321 g/mol. The largest absolute Gasteiger partial charge is 0.351 e. The fraction of sp³-hybridized carbons (Fsp3) is 0.778. The molecule has 2 aliphatic rings. The zero-order chi connectivity index (χ0) is 16.7. The van der Waals surface area contributed by atoms with E-state index in [0.717, 1.165) is 38.5 Å². The predicted octanol–water partition coefficient (Wildman–Crippen LogP) is 1.79. The van der Waals surface area contributed by atoms with Crippen molar-refractivity contribution < 1.29 is 9.59 Å². The zero-order valence-electron chi connectivity index (χ0n) is 14.4. The fourth-order valence-electron chi connectivity index (χ4n) is 3.63. The minimum Gasteiger partial charge on any atom is -0.351 e. The van der Waals surface area contributed by atoms with Gasteiger partial charge in [0, 0.05) is 39.1 Å². The first-order chi connectivity index (χ1) is 11.1. The van der Waals surface area contributed by atoms with Crippen molar-refractivity contribution in [1.82, 2.24) is 15.1 Å². The highest BCUT2D eigenvalue weighted by Gasteiger charge is 2.27. The molecule has 0 spiro atoms. The summed E-state index contributed by atoms with van der Waals surface area (Å²) in [5, 5.41) is 2.84. The third-order valence-electron chi connectivity index (χ3n) is 5.26. The van der Waals surface area contributed by atoms with Crippen molar-refractivity contribution in [2.75, 3.05) is 32.7 Å². The van der Waals surface area contributed by atoms with E-state index in [9.17, 15) is 9.59 Å². The Morgan fingerprint density at radius 1 is 1.22 bits per heavy atom. The quantitative estimate of drug-likeness (QED) is 0.727. The third-order valence-corrected chi connectivity index (χ3v) is 5.26. The molecule has 2 amide bonds. The van der Waals surface area contributed by atoms with Crippen LogP contribution in [-0.4, -0.2) is 60.4 Å². The van der Waals surface area contributed by atoms with Gasteiger partial charge in [0.15, 0.2) is 0 Å². The standard InChI is InChI=1S/C18H31N3O2/c1-3-10-19-18(23)15(2)20-11-13-21(14-12-20)17(22)9-8-16-6-4-5-7-16/h3,15-16H,1,4-14H2,2H3,(H,19,23). The Hall–Kier alpha value is -1.36. The van der Waals surface area contributed by atoms with Gasteiger partial charge in [-0.1, -0.05) is 31.8 Å². The van der Waals surface area contributed by atoms with Crippen LogP contribution >= 0.6 is 0 Å². The van der Waals surface area contributed by atoms with E-state index in [1.165, 1.54) is 25.7 Å². The molecule has 0 bridgehead atoms. The summed E-state index contributed by atoms with van der Waals surface area (Å²) in [5.41, 5.74) is 0. The van der Waals surface area contributed by atoms with Gasteiger partial charge in [0.05, 0.1) is 6.04 Å². The van der Waals surface area contributed by atoms with Crippen molar-refractivity contribution in [1.29, 1.82) is 0 Å². The molecule has 1 saturated heterocycles. The van der Waals surface area contributed by atoms with Crippen LogP contribution in [0.3, 0.4) is 0 Å². The van der Waals surface area contributed by atoms with E-state index in [-0.39, 0.29) is 11.9 Å². The first-order valence-corrected chi connectivity index (χ1v) is 9.02. The fourth-order valence-corrected chi connectivity index (χ4v) is 3.63. The molecule has 1 atom stereocenters. The van der Waals surface area contributed by atoms with Crippen LogP contribution in [0.15, 0.2) is 12.7 Å². The van der Waals surface area contributed by atoms with Gasteiger partial charge in [-0.25, -0.2) is 0 Å². The SMILES string of the molecule is C=CCNC(=O)C(C)N1CCN(C(=O)CCC2CCCC2)CC1. The van der Waals surface area contributed by atoms with Gasteiger partial charge in [-0.15, -0.1) is 6.58 Å². The maximum absolute atomic E-state index is 12.3.